The molecule has 2 nitrogen and oxygen atoms in total. The van der Waals surface area contributed by atoms with Crippen LogP contribution in [0.5, 0.6) is 0 Å². The van der Waals surface area contributed by atoms with Crippen molar-refractivity contribution in [1.82, 2.24) is 0 Å². The molecule has 10 heavy (non-hydrogen) atoms. The Hall–Kier alpha value is -0.520. The molecule has 1 saturated heterocycles. The Kier molecular flexibility index (Phi) is 2.31. The Morgan fingerprint density at radius 3 is 3.00 bits per heavy atom. The lowest BCUT2D eigenvalue weighted by Gasteiger charge is -2.17. The third-order valence-corrected chi connectivity index (χ3v) is 1.82. The molecule has 2 heteroatoms. The number of terminal acetylenes is 1. The third-order valence-electron chi connectivity index (χ3n) is 1.82. The van der Waals surface area contributed by atoms with Crippen LogP contribution in [0, 0.1) is 12.3 Å². The number of hydrogen-bond acceptors (Lipinski definition) is 2. The molecule has 0 bridgehead atoms. The summed E-state index contributed by atoms with van der Waals surface area (Å²) in [6, 6.07) is 0. The van der Waals surface area contributed by atoms with Crippen molar-refractivity contribution in [1.29, 1.82) is 0 Å². The molecular weight excluding hydrogens is 128 g/mol. The molecule has 56 valence electrons. The molecule has 0 aliphatic carbocycles. The van der Waals surface area contributed by atoms with Crippen molar-refractivity contribution in [3.05, 3.63) is 0 Å². The predicted octanol–water partition coefficient (Wildman–Crippen LogP) is 0.551. The Morgan fingerprint density at radius 1 is 1.70 bits per heavy atom. The summed E-state index contributed by atoms with van der Waals surface area (Å²) in [5, 5.41) is 9.60. The van der Waals surface area contributed by atoms with Gasteiger partial charge in [-0.25, -0.2) is 0 Å². The average Bonchev–Trinajstić information content (AvgIpc) is 2.33. The van der Waals surface area contributed by atoms with Crippen LogP contribution in [0.1, 0.15) is 19.3 Å². The molecule has 0 spiro atoms. The Labute approximate surface area is 61.2 Å². The second-order valence-corrected chi connectivity index (χ2v) is 2.73. The van der Waals surface area contributed by atoms with E-state index >= 15 is 0 Å². The number of aliphatic hydroxyl groups is 1. The lowest BCUT2D eigenvalue weighted by atomic mass is 9.97. The van der Waals surface area contributed by atoms with Crippen LogP contribution in [0.2, 0.25) is 0 Å². The van der Waals surface area contributed by atoms with Gasteiger partial charge in [-0.3, -0.25) is 0 Å². The molecule has 0 aromatic carbocycles. The van der Waals surface area contributed by atoms with E-state index in [2.05, 4.69) is 5.92 Å². The van der Waals surface area contributed by atoms with Gasteiger partial charge >= 0.3 is 0 Å². The first-order valence-corrected chi connectivity index (χ1v) is 3.50. The zero-order valence-corrected chi connectivity index (χ0v) is 5.97. The Bertz CT molecular complexity index is 140. The smallest absolute Gasteiger partial charge is 0.0911 e. The second kappa shape index (κ2) is 3.05. The fraction of sp³-hybridized carbons (Fsp3) is 0.750. The van der Waals surface area contributed by atoms with Crippen molar-refractivity contribution >= 4 is 0 Å². The minimum absolute atomic E-state index is 0.453. The molecule has 1 heterocycles. The molecule has 0 amide bonds. The van der Waals surface area contributed by atoms with E-state index in [1.54, 1.807) is 0 Å². The largest absolute Gasteiger partial charge is 0.387 e. The van der Waals surface area contributed by atoms with Gasteiger partial charge in [-0.1, -0.05) is 0 Å². The summed E-state index contributed by atoms with van der Waals surface area (Å²) >= 11 is 0. The van der Waals surface area contributed by atoms with E-state index < -0.39 is 5.60 Å². The molecular formula is C8H12O2. The molecule has 1 unspecified atom stereocenters. The van der Waals surface area contributed by atoms with Crippen molar-refractivity contribution < 1.29 is 9.84 Å². The van der Waals surface area contributed by atoms with Crippen LogP contribution in [-0.2, 0) is 4.74 Å². The SMILES string of the molecule is C#CCCC1(O)CCOC1. The quantitative estimate of drug-likeness (QED) is 0.568. The average molecular weight is 140 g/mol. The molecule has 1 N–H and O–H groups in total. The summed E-state index contributed by atoms with van der Waals surface area (Å²) in [5.41, 5.74) is -0.619. The molecule has 0 aromatic rings. The van der Waals surface area contributed by atoms with E-state index in [9.17, 15) is 5.11 Å². The van der Waals surface area contributed by atoms with E-state index in [0.29, 0.717) is 26.1 Å². The monoisotopic (exact) mass is 140 g/mol. The van der Waals surface area contributed by atoms with Gasteiger partial charge in [0.1, 0.15) is 0 Å². The fourth-order valence-corrected chi connectivity index (χ4v) is 1.10. The van der Waals surface area contributed by atoms with E-state index in [4.69, 9.17) is 11.2 Å². The molecule has 0 aromatic heterocycles. The zero-order chi connectivity index (χ0) is 7.45. The van der Waals surface area contributed by atoms with Crippen molar-refractivity contribution in [2.45, 2.75) is 24.9 Å². The van der Waals surface area contributed by atoms with Crippen LogP contribution in [-0.4, -0.2) is 23.9 Å². The van der Waals surface area contributed by atoms with Gasteiger partial charge in [0.15, 0.2) is 0 Å². The lowest BCUT2D eigenvalue weighted by Crippen LogP contribution is -2.28. The highest BCUT2D eigenvalue weighted by atomic mass is 16.5. The van der Waals surface area contributed by atoms with Crippen LogP contribution in [0.3, 0.4) is 0 Å². The van der Waals surface area contributed by atoms with Crippen LogP contribution in [0.15, 0.2) is 0 Å². The van der Waals surface area contributed by atoms with E-state index in [1.807, 2.05) is 0 Å². The molecule has 1 rings (SSSR count). The summed E-state index contributed by atoms with van der Waals surface area (Å²) in [6.45, 7) is 1.12. The van der Waals surface area contributed by atoms with Crippen LogP contribution >= 0.6 is 0 Å². The van der Waals surface area contributed by atoms with Gasteiger partial charge in [0.05, 0.1) is 12.2 Å². The topological polar surface area (TPSA) is 29.5 Å². The van der Waals surface area contributed by atoms with Gasteiger partial charge in [-0.2, -0.15) is 0 Å². The minimum atomic E-state index is -0.619. The highest BCUT2D eigenvalue weighted by molar-refractivity contribution is 4.90. The zero-order valence-electron chi connectivity index (χ0n) is 5.97. The molecule has 1 atom stereocenters. The lowest BCUT2D eigenvalue weighted by molar-refractivity contribution is 0.0206. The first-order chi connectivity index (χ1) is 4.77. The molecule has 0 radical (unpaired) electrons. The van der Waals surface area contributed by atoms with E-state index in [-0.39, 0.29) is 0 Å². The standard InChI is InChI=1S/C8H12O2/c1-2-3-4-8(9)5-6-10-7-8/h1,9H,3-7H2. The van der Waals surface area contributed by atoms with E-state index in [1.165, 1.54) is 0 Å². The summed E-state index contributed by atoms with van der Waals surface area (Å²) in [5.74, 6) is 2.50. The highest BCUT2D eigenvalue weighted by Gasteiger charge is 2.30. The number of hydrogen-bond donors (Lipinski definition) is 1. The van der Waals surface area contributed by atoms with Crippen molar-refractivity contribution in [2.24, 2.45) is 0 Å². The fourth-order valence-electron chi connectivity index (χ4n) is 1.10. The number of ether oxygens (including phenoxy) is 1. The van der Waals surface area contributed by atoms with Crippen LogP contribution < -0.4 is 0 Å². The second-order valence-electron chi connectivity index (χ2n) is 2.73. The number of rotatable bonds is 2. The summed E-state index contributed by atoms with van der Waals surface area (Å²) in [7, 11) is 0. The molecule has 1 aliphatic heterocycles. The predicted molar refractivity (Wildman–Crippen MR) is 38.5 cm³/mol. The Balaban J connectivity index is 2.30. The third kappa shape index (κ3) is 1.73. The van der Waals surface area contributed by atoms with Gasteiger partial charge in [0, 0.05) is 19.4 Å². The normalized spacial score (nSPS) is 32.0. The first-order valence-electron chi connectivity index (χ1n) is 3.50. The summed E-state index contributed by atoms with van der Waals surface area (Å²) in [6.07, 6.45) is 7.10. The maximum absolute atomic E-state index is 9.60. The summed E-state index contributed by atoms with van der Waals surface area (Å²) < 4.78 is 5.04. The van der Waals surface area contributed by atoms with Crippen molar-refractivity contribution in [2.75, 3.05) is 13.2 Å². The Morgan fingerprint density at radius 2 is 2.50 bits per heavy atom. The van der Waals surface area contributed by atoms with Gasteiger partial charge < -0.3 is 9.84 Å². The first kappa shape index (κ1) is 7.59. The maximum Gasteiger partial charge on any atom is 0.0911 e. The van der Waals surface area contributed by atoms with Gasteiger partial charge in [-0.05, 0) is 6.42 Å². The molecule has 0 saturated carbocycles. The van der Waals surface area contributed by atoms with Crippen LogP contribution in [0.4, 0.5) is 0 Å². The van der Waals surface area contributed by atoms with Gasteiger partial charge in [0.25, 0.3) is 0 Å². The van der Waals surface area contributed by atoms with Crippen molar-refractivity contribution in [3.63, 3.8) is 0 Å². The van der Waals surface area contributed by atoms with Crippen LogP contribution in [0.25, 0.3) is 0 Å². The minimum Gasteiger partial charge on any atom is -0.387 e. The van der Waals surface area contributed by atoms with Gasteiger partial charge in [-0.15, -0.1) is 12.3 Å². The van der Waals surface area contributed by atoms with Crippen molar-refractivity contribution in [3.8, 4) is 12.3 Å². The maximum atomic E-state index is 9.60. The highest BCUT2D eigenvalue weighted by Crippen LogP contribution is 2.22. The van der Waals surface area contributed by atoms with E-state index in [0.717, 1.165) is 6.42 Å². The van der Waals surface area contributed by atoms with Gasteiger partial charge in [0.2, 0.25) is 0 Å². The molecule has 1 fully saturated rings. The molecule has 1 aliphatic rings. The summed E-state index contributed by atoms with van der Waals surface area (Å²) in [4.78, 5) is 0.